The second-order valence-electron chi connectivity index (χ2n) is 5.63. The number of carbonyl (C=O) groups is 1. The fourth-order valence-electron chi connectivity index (χ4n) is 2.52. The van der Waals surface area contributed by atoms with Gasteiger partial charge in [0.05, 0.1) is 0 Å². The molecule has 0 spiro atoms. The third kappa shape index (κ3) is 2.38. The molecule has 0 aromatic rings. The lowest BCUT2D eigenvalue weighted by Gasteiger charge is -2.40. The van der Waals surface area contributed by atoms with E-state index in [4.69, 9.17) is 4.74 Å². The van der Waals surface area contributed by atoms with Crippen molar-refractivity contribution in [3.05, 3.63) is 0 Å². The minimum Gasteiger partial charge on any atom is -0.368 e. The first kappa shape index (κ1) is 11.9. The average Bonchev–Trinajstić information content (AvgIpc) is 2.62. The van der Waals surface area contributed by atoms with E-state index in [9.17, 15) is 4.79 Å². The first-order chi connectivity index (χ1) is 7.49. The number of carbonyl (C=O) groups excluding carboxylic acids is 1. The fraction of sp³-hybridized carbons (Fsp3) is 0.917. The fourth-order valence-corrected chi connectivity index (χ4v) is 2.52. The van der Waals surface area contributed by atoms with Gasteiger partial charge in [-0.1, -0.05) is 6.92 Å². The van der Waals surface area contributed by atoms with E-state index in [1.807, 2.05) is 4.90 Å². The van der Waals surface area contributed by atoms with Gasteiger partial charge in [0.25, 0.3) is 5.91 Å². The Morgan fingerprint density at radius 3 is 2.81 bits per heavy atom. The van der Waals surface area contributed by atoms with Crippen molar-refractivity contribution in [2.45, 2.75) is 38.8 Å². The molecular weight excluding hydrogens is 204 g/mol. The lowest BCUT2D eigenvalue weighted by atomic mass is 9.99. The van der Waals surface area contributed by atoms with Gasteiger partial charge in [-0.3, -0.25) is 4.79 Å². The molecule has 2 fully saturated rings. The van der Waals surface area contributed by atoms with Crippen LogP contribution in [0.5, 0.6) is 0 Å². The third-order valence-corrected chi connectivity index (χ3v) is 3.51. The second-order valence-corrected chi connectivity index (χ2v) is 5.63. The number of nitrogens with one attached hydrogen (secondary N) is 1. The first-order valence-corrected chi connectivity index (χ1v) is 6.15. The van der Waals surface area contributed by atoms with E-state index in [0.29, 0.717) is 5.92 Å². The van der Waals surface area contributed by atoms with E-state index >= 15 is 0 Å². The van der Waals surface area contributed by atoms with Gasteiger partial charge in [-0.25, -0.2) is 0 Å². The summed E-state index contributed by atoms with van der Waals surface area (Å²) in [4.78, 5) is 14.2. The van der Waals surface area contributed by atoms with Gasteiger partial charge < -0.3 is 15.0 Å². The molecule has 2 unspecified atom stereocenters. The Labute approximate surface area is 97.3 Å². The van der Waals surface area contributed by atoms with E-state index in [1.54, 1.807) is 0 Å². The third-order valence-electron chi connectivity index (χ3n) is 3.51. The Hall–Kier alpha value is -0.610. The molecule has 92 valence electrons. The van der Waals surface area contributed by atoms with Crippen LogP contribution in [0.1, 0.15) is 27.2 Å². The van der Waals surface area contributed by atoms with Gasteiger partial charge in [-0.15, -0.1) is 0 Å². The zero-order chi connectivity index (χ0) is 11.8. The highest BCUT2D eigenvalue weighted by Gasteiger charge is 2.37. The summed E-state index contributed by atoms with van der Waals surface area (Å²) in [6.45, 7) is 9.54. The number of amides is 1. The summed E-state index contributed by atoms with van der Waals surface area (Å²) in [6.07, 6.45) is 0.806. The number of hydrogen-bond donors (Lipinski definition) is 1. The second kappa shape index (κ2) is 4.34. The maximum Gasteiger partial charge on any atom is 0.252 e. The van der Waals surface area contributed by atoms with Crippen LogP contribution in [0, 0.1) is 5.92 Å². The summed E-state index contributed by atoms with van der Waals surface area (Å²) in [5.41, 5.74) is 0.0236. The van der Waals surface area contributed by atoms with Crippen LogP contribution >= 0.6 is 0 Å². The molecule has 2 rings (SSSR count). The highest BCUT2D eigenvalue weighted by Crippen LogP contribution is 2.23. The summed E-state index contributed by atoms with van der Waals surface area (Å²) < 4.78 is 5.54. The van der Waals surface area contributed by atoms with E-state index in [2.05, 4.69) is 26.1 Å². The van der Waals surface area contributed by atoms with Crippen LogP contribution in [-0.4, -0.2) is 48.7 Å². The van der Waals surface area contributed by atoms with E-state index in [-0.39, 0.29) is 17.6 Å². The monoisotopic (exact) mass is 226 g/mol. The van der Waals surface area contributed by atoms with Gasteiger partial charge in [0.2, 0.25) is 0 Å². The molecule has 2 atom stereocenters. The van der Waals surface area contributed by atoms with Gasteiger partial charge in [0, 0.05) is 31.8 Å². The zero-order valence-corrected chi connectivity index (χ0v) is 10.5. The Morgan fingerprint density at radius 2 is 2.25 bits per heavy atom. The first-order valence-electron chi connectivity index (χ1n) is 6.15. The molecule has 2 heterocycles. The van der Waals surface area contributed by atoms with Crippen molar-refractivity contribution in [2.24, 2.45) is 5.92 Å². The van der Waals surface area contributed by atoms with Crippen LogP contribution in [0.3, 0.4) is 0 Å². The average molecular weight is 226 g/mol. The van der Waals surface area contributed by atoms with E-state index in [0.717, 1.165) is 32.7 Å². The van der Waals surface area contributed by atoms with Crippen molar-refractivity contribution in [1.29, 1.82) is 0 Å². The van der Waals surface area contributed by atoms with Gasteiger partial charge >= 0.3 is 0 Å². The lowest BCUT2D eigenvalue weighted by molar-refractivity contribution is -0.144. The van der Waals surface area contributed by atoms with Crippen molar-refractivity contribution in [3.8, 4) is 0 Å². The Bertz CT molecular complexity index is 278. The molecule has 1 N–H and O–H groups in total. The molecule has 4 nitrogen and oxygen atoms in total. The normalized spacial score (nSPS) is 34.1. The Balaban J connectivity index is 1.99. The van der Waals surface area contributed by atoms with Gasteiger partial charge in [-0.2, -0.15) is 0 Å². The quantitative estimate of drug-likeness (QED) is 0.713. The Morgan fingerprint density at radius 1 is 1.50 bits per heavy atom. The molecule has 2 aliphatic rings. The predicted molar refractivity (Wildman–Crippen MR) is 62.2 cm³/mol. The minimum atomic E-state index is -0.200. The SMILES string of the molecule is CC1CCOC1C(=O)N1CCNC(C)(C)C1. The van der Waals surface area contributed by atoms with E-state index in [1.165, 1.54) is 0 Å². The standard InChI is InChI=1S/C12H22N2O2/c1-9-4-7-16-10(9)11(15)14-6-5-13-12(2,3)8-14/h9-10,13H,4-8H2,1-3H3. The van der Waals surface area contributed by atoms with Crippen molar-refractivity contribution in [3.63, 3.8) is 0 Å². The number of piperazine rings is 1. The zero-order valence-electron chi connectivity index (χ0n) is 10.5. The molecule has 1 amide bonds. The molecule has 0 aliphatic carbocycles. The van der Waals surface area contributed by atoms with Crippen LogP contribution in [-0.2, 0) is 9.53 Å². The molecule has 0 aromatic heterocycles. The number of nitrogens with zero attached hydrogens (tertiary/aromatic N) is 1. The number of ether oxygens (including phenoxy) is 1. The molecule has 2 saturated heterocycles. The molecule has 0 aromatic carbocycles. The minimum absolute atomic E-state index is 0.0236. The lowest BCUT2D eigenvalue weighted by Crippen LogP contribution is -2.60. The summed E-state index contributed by atoms with van der Waals surface area (Å²) >= 11 is 0. The highest BCUT2D eigenvalue weighted by atomic mass is 16.5. The van der Waals surface area contributed by atoms with Crippen molar-refractivity contribution in [2.75, 3.05) is 26.2 Å². The predicted octanol–water partition coefficient (Wildman–Crippen LogP) is 0.622. The molecule has 0 saturated carbocycles. The van der Waals surface area contributed by atoms with Gasteiger partial charge in [0.1, 0.15) is 6.10 Å². The van der Waals surface area contributed by atoms with Crippen LogP contribution < -0.4 is 5.32 Å². The summed E-state index contributed by atoms with van der Waals surface area (Å²) in [5.74, 6) is 0.546. The number of hydrogen-bond acceptors (Lipinski definition) is 3. The molecule has 2 aliphatic heterocycles. The van der Waals surface area contributed by atoms with Crippen molar-refractivity contribution >= 4 is 5.91 Å². The molecule has 0 radical (unpaired) electrons. The summed E-state index contributed by atoms with van der Waals surface area (Å²) in [6, 6.07) is 0. The van der Waals surface area contributed by atoms with Gasteiger partial charge in [0.15, 0.2) is 0 Å². The largest absolute Gasteiger partial charge is 0.368 e. The van der Waals surface area contributed by atoms with Crippen LogP contribution in [0.2, 0.25) is 0 Å². The maximum atomic E-state index is 12.3. The summed E-state index contributed by atoms with van der Waals surface area (Å²) in [7, 11) is 0. The maximum absolute atomic E-state index is 12.3. The van der Waals surface area contributed by atoms with Gasteiger partial charge in [-0.05, 0) is 26.2 Å². The molecular formula is C12H22N2O2. The smallest absolute Gasteiger partial charge is 0.252 e. The van der Waals surface area contributed by atoms with Crippen molar-refractivity contribution in [1.82, 2.24) is 10.2 Å². The molecule has 4 heteroatoms. The van der Waals surface area contributed by atoms with Crippen LogP contribution in [0.4, 0.5) is 0 Å². The molecule has 0 bridgehead atoms. The Kier molecular flexibility index (Phi) is 3.22. The highest BCUT2D eigenvalue weighted by molar-refractivity contribution is 5.81. The van der Waals surface area contributed by atoms with Crippen LogP contribution in [0.15, 0.2) is 0 Å². The summed E-state index contributed by atoms with van der Waals surface area (Å²) in [5, 5.41) is 3.41. The number of rotatable bonds is 1. The topological polar surface area (TPSA) is 41.6 Å². The molecule has 16 heavy (non-hydrogen) atoms. The van der Waals surface area contributed by atoms with Crippen LogP contribution in [0.25, 0.3) is 0 Å². The van der Waals surface area contributed by atoms with Crippen molar-refractivity contribution < 1.29 is 9.53 Å². The van der Waals surface area contributed by atoms with E-state index < -0.39 is 0 Å².